The van der Waals surface area contributed by atoms with Crippen molar-refractivity contribution in [3.63, 3.8) is 0 Å². The van der Waals surface area contributed by atoms with E-state index in [0.29, 0.717) is 5.75 Å². The fraction of sp³-hybridized carbons (Fsp3) is 0.125. The molecular formula is C8H8ClNO2. The van der Waals surface area contributed by atoms with Crippen LogP contribution >= 0.6 is 11.8 Å². The summed E-state index contributed by atoms with van der Waals surface area (Å²) in [5, 5.41) is 0. The zero-order valence-corrected chi connectivity index (χ0v) is 7.26. The van der Waals surface area contributed by atoms with Gasteiger partial charge >= 0.3 is 6.09 Å². The summed E-state index contributed by atoms with van der Waals surface area (Å²) in [5.41, 5.74) is 1.11. The largest absolute Gasteiger partial charge is 0.427 e. The quantitative estimate of drug-likeness (QED) is 0.682. The zero-order chi connectivity index (χ0) is 8.97. The van der Waals surface area contributed by atoms with Gasteiger partial charge < -0.3 is 4.74 Å². The first-order valence-corrected chi connectivity index (χ1v) is 3.75. The highest BCUT2D eigenvalue weighted by atomic mass is 35.5. The number of carbonyl (C=O) groups is 1. The molecular weight excluding hydrogens is 178 g/mol. The lowest BCUT2D eigenvalue weighted by atomic mass is 10.2. The van der Waals surface area contributed by atoms with Crippen molar-refractivity contribution in [3.8, 4) is 5.75 Å². The highest BCUT2D eigenvalue weighted by Crippen LogP contribution is 2.11. The van der Waals surface area contributed by atoms with Gasteiger partial charge in [-0.25, -0.2) is 9.63 Å². The van der Waals surface area contributed by atoms with Gasteiger partial charge in [0.05, 0.1) is 0 Å². The molecule has 0 fully saturated rings. The molecule has 0 aliphatic carbocycles. The summed E-state index contributed by atoms with van der Waals surface area (Å²) >= 11 is 5.01. The molecule has 3 nitrogen and oxygen atoms in total. The van der Waals surface area contributed by atoms with Crippen LogP contribution in [0.4, 0.5) is 4.79 Å². The van der Waals surface area contributed by atoms with Crippen LogP contribution in [0.2, 0.25) is 0 Å². The molecule has 0 aromatic heterocycles. The van der Waals surface area contributed by atoms with E-state index in [1.807, 2.05) is 23.9 Å². The predicted octanol–water partition coefficient (Wildman–Crippen LogP) is 2.24. The third-order valence-corrected chi connectivity index (χ3v) is 1.46. The molecule has 0 bridgehead atoms. The molecule has 1 N–H and O–H groups in total. The Hall–Kier alpha value is -1.22. The average molecular weight is 186 g/mol. The number of nitrogens with one attached hydrogen (secondary N) is 1. The first kappa shape index (κ1) is 8.87. The van der Waals surface area contributed by atoms with E-state index in [4.69, 9.17) is 16.5 Å². The number of rotatable bonds is 1. The van der Waals surface area contributed by atoms with Gasteiger partial charge in [-0.1, -0.05) is 17.7 Å². The van der Waals surface area contributed by atoms with E-state index in [-0.39, 0.29) is 0 Å². The maximum atomic E-state index is 10.6. The molecule has 64 valence electrons. The van der Waals surface area contributed by atoms with Crippen molar-refractivity contribution in [2.75, 3.05) is 0 Å². The van der Waals surface area contributed by atoms with Gasteiger partial charge in [0.25, 0.3) is 0 Å². The molecule has 0 radical (unpaired) electrons. The molecule has 0 atom stereocenters. The number of hydrogen-bond acceptors (Lipinski definition) is 2. The molecule has 12 heavy (non-hydrogen) atoms. The second-order valence-electron chi connectivity index (χ2n) is 2.30. The van der Waals surface area contributed by atoms with Crippen molar-refractivity contribution in [1.82, 2.24) is 4.84 Å². The second-order valence-corrected chi connectivity index (χ2v) is 2.49. The fourth-order valence-corrected chi connectivity index (χ4v) is 0.771. The Morgan fingerprint density at radius 1 is 1.42 bits per heavy atom. The Morgan fingerprint density at radius 2 is 2.00 bits per heavy atom. The average Bonchev–Trinajstić information content (AvgIpc) is 2.09. The highest BCUT2D eigenvalue weighted by Gasteiger charge is 2.00. The van der Waals surface area contributed by atoms with E-state index in [9.17, 15) is 4.79 Å². The van der Waals surface area contributed by atoms with Gasteiger partial charge in [-0.2, -0.15) is 0 Å². The topological polar surface area (TPSA) is 38.3 Å². The van der Waals surface area contributed by atoms with Crippen LogP contribution in [-0.2, 0) is 0 Å². The van der Waals surface area contributed by atoms with Crippen molar-refractivity contribution in [3.05, 3.63) is 29.8 Å². The molecule has 0 spiro atoms. The maximum Gasteiger partial charge on any atom is 0.427 e. The molecule has 1 rings (SSSR count). The van der Waals surface area contributed by atoms with Crippen LogP contribution in [0.25, 0.3) is 0 Å². The Bertz CT molecular complexity index is 271. The lowest BCUT2D eigenvalue weighted by Gasteiger charge is -2.01. The Morgan fingerprint density at radius 3 is 2.50 bits per heavy atom. The molecule has 0 aliphatic rings. The van der Waals surface area contributed by atoms with Crippen LogP contribution in [0, 0.1) is 6.92 Å². The number of ether oxygens (including phenoxy) is 1. The first-order chi connectivity index (χ1) is 5.72. The van der Waals surface area contributed by atoms with E-state index in [2.05, 4.69) is 0 Å². The third kappa shape index (κ3) is 2.43. The van der Waals surface area contributed by atoms with Crippen molar-refractivity contribution in [1.29, 1.82) is 0 Å². The van der Waals surface area contributed by atoms with Gasteiger partial charge in [0.1, 0.15) is 5.75 Å². The van der Waals surface area contributed by atoms with Gasteiger partial charge in [-0.05, 0) is 19.1 Å². The van der Waals surface area contributed by atoms with Gasteiger partial charge in [0.15, 0.2) is 0 Å². The van der Waals surface area contributed by atoms with E-state index < -0.39 is 6.09 Å². The molecule has 0 heterocycles. The van der Waals surface area contributed by atoms with E-state index in [1.165, 1.54) is 0 Å². The van der Waals surface area contributed by atoms with Crippen molar-refractivity contribution < 1.29 is 9.53 Å². The van der Waals surface area contributed by atoms with Crippen LogP contribution in [0.5, 0.6) is 5.75 Å². The highest BCUT2D eigenvalue weighted by molar-refractivity contribution is 6.20. The van der Waals surface area contributed by atoms with Gasteiger partial charge in [0.2, 0.25) is 0 Å². The molecule has 1 aromatic rings. The summed E-state index contributed by atoms with van der Waals surface area (Å²) in [7, 11) is 0. The normalized spacial score (nSPS) is 9.17. The maximum absolute atomic E-state index is 10.6. The van der Waals surface area contributed by atoms with E-state index in [0.717, 1.165) is 5.56 Å². The van der Waals surface area contributed by atoms with Crippen molar-refractivity contribution >= 4 is 17.9 Å². The van der Waals surface area contributed by atoms with Crippen LogP contribution in [0.15, 0.2) is 24.3 Å². The monoisotopic (exact) mass is 185 g/mol. The molecule has 1 amide bonds. The third-order valence-electron chi connectivity index (χ3n) is 1.31. The lowest BCUT2D eigenvalue weighted by molar-refractivity contribution is 0.207. The fourth-order valence-electron chi connectivity index (χ4n) is 0.733. The zero-order valence-electron chi connectivity index (χ0n) is 6.50. The van der Waals surface area contributed by atoms with Crippen molar-refractivity contribution in [2.45, 2.75) is 6.92 Å². The molecule has 0 saturated heterocycles. The Balaban J connectivity index is 2.64. The summed E-state index contributed by atoms with van der Waals surface area (Å²) < 4.78 is 4.74. The minimum absolute atomic E-state index is 0.471. The number of hydrogen-bond donors (Lipinski definition) is 1. The van der Waals surface area contributed by atoms with E-state index in [1.54, 1.807) is 12.1 Å². The van der Waals surface area contributed by atoms with E-state index >= 15 is 0 Å². The number of benzene rings is 1. The summed E-state index contributed by atoms with van der Waals surface area (Å²) in [4.78, 5) is 12.4. The van der Waals surface area contributed by atoms with Crippen LogP contribution in [0.1, 0.15) is 5.56 Å². The minimum atomic E-state index is -0.680. The second kappa shape index (κ2) is 3.97. The smallest absolute Gasteiger partial charge is 0.409 e. The van der Waals surface area contributed by atoms with Gasteiger partial charge in [0, 0.05) is 11.8 Å². The Labute approximate surface area is 75.4 Å². The van der Waals surface area contributed by atoms with Crippen molar-refractivity contribution in [2.24, 2.45) is 0 Å². The lowest BCUT2D eigenvalue weighted by Crippen LogP contribution is -2.17. The summed E-state index contributed by atoms with van der Waals surface area (Å²) in [6.45, 7) is 1.95. The van der Waals surface area contributed by atoms with Crippen LogP contribution < -0.4 is 9.57 Å². The summed E-state index contributed by atoms with van der Waals surface area (Å²) in [6, 6.07) is 7.08. The predicted molar refractivity (Wildman–Crippen MR) is 46.2 cm³/mol. The standard InChI is InChI=1S/C8H8ClNO2/c1-6-2-4-7(5-3-6)12-8(11)10-9/h2-5H,1H3,(H,10,11). The van der Waals surface area contributed by atoms with Crippen LogP contribution in [0.3, 0.4) is 0 Å². The number of aryl methyl sites for hydroxylation is 1. The summed E-state index contributed by atoms with van der Waals surface area (Å²) in [5.74, 6) is 0.471. The molecule has 0 unspecified atom stereocenters. The molecule has 0 saturated carbocycles. The van der Waals surface area contributed by atoms with Crippen LogP contribution in [-0.4, -0.2) is 6.09 Å². The Kier molecular flexibility index (Phi) is 2.94. The number of carbonyl (C=O) groups excluding carboxylic acids is 1. The molecule has 0 aliphatic heterocycles. The number of amides is 1. The van der Waals surface area contributed by atoms with Gasteiger partial charge in [-0.3, -0.25) is 0 Å². The minimum Gasteiger partial charge on any atom is -0.409 e. The number of halogens is 1. The molecule has 4 heteroatoms. The SMILES string of the molecule is Cc1ccc(OC(=O)NCl)cc1. The first-order valence-electron chi connectivity index (χ1n) is 3.37. The molecule has 1 aromatic carbocycles. The van der Waals surface area contributed by atoms with Gasteiger partial charge in [-0.15, -0.1) is 0 Å². The summed E-state index contributed by atoms with van der Waals surface area (Å²) in [6.07, 6.45) is -0.680.